The van der Waals surface area contributed by atoms with Crippen molar-refractivity contribution in [3.8, 4) is 0 Å². The van der Waals surface area contributed by atoms with Crippen molar-refractivity contribution in [3.63, 3.8) is 0 Å². The summed E-state index contributed by atoms with van der Waals surface area (Å²) < 4.78 is 4.88. The molecule has 3 heteroatoms. The van der Waals surface area contributed by atoms with Crippen molar-refractivity contribution in [2.75, 3.05) is 7.11 Å². The van der Waals surface area contributed by atoms with Gasteiger partial charge in [0.25, 0.3) is 0 Å². The molecule has 0 spiro atoms. The molecule has 4 aliphatic carbocycles. The van der Waals surface area contributed by atoms with Crippen LogP contribution in [0.15, 0.2) is 0 Å². The molecular weight excluding hydrogens is 348 g/mol. The van der Waals surface area contributed by atoms with Crippen molar-refractivity contribution in [1.82, 2.24) is 0 Å². The zero-order valence-corrected chi connectivity index (χ0v) is 18.6. The van der Waals surface area contributed by atoms with Crippen molar-refractivity contribution in [2.24, 2.45) is 46.3 Å². The molecule has 0 heterocycles. The molecule has 0 aliphatic heterocycles. The first-order valence-corrected chi connectivity index (χ1v) is 12.0. The third-order valence-corrected chi connectivity index (χ3v) is 10.4. The largest absolute Gasteiger partial charge is 0.469 e. The number of hydrogen-bond acceptors (Lipinski definition) is 3. The lowest BCUT2D eigenvalue weighted by atomic mass is 9.44. The van der Waals surface area contributed by atoms with Gasteiger partial charge in [-0.05, 0) is 111 Å². The molecule has 0 aromatic rings. The van der Waals surface area contributed by atoms with Crippen LogP contribution >= 0.6 is 0 Å². The van der Waals surface area contributed by atoms with Gasteiger partial charge in [0.05, 0.1) is 13.2 Å². The summed E-state index contributed by atoms with van der Waals surface area (Å²) in [5.74, 6) is 4.72. The number of methoxy groups -OCH3 is 1. The predicted molar refractivity (Wildman–Crippen MR) is 112 cm³/mol. The summed E-state index contributed by atoms with van der Waals surface area (Å²) in [7, 11) is 1.50. The number of carbonyl (C=O) groups excluding carboxylic acids is 1. The van der Waals surface area contributed by atoms with Gasteiger partial charge in [-0.15, -0.1) is 0 Å². The molecule has 0 aromatic carbocycles. The first-order valence-electron chi connectivity index (χ1n) is 12.0. The summed E-state index contributed by atoms with van der Waals surface area (Å²) in [6.45, 7) is 7.56. The highest BCUT2D eigenvalue weighted by Gasteiger charge is 2.60. The number of carbonyl (C=O) groups is 1. The fourth-order valence-corrected chi connectivity index (χ4v) is 8.86. The van der Waals surface area contributed by atoms with Crippen LogP contribution in [0.25, 0.3) is 0 Å². The Morgan fingerprint density at radius 2 is 1.75 bits per heavy atom. The maximum Gasteiger partial charge on any atom is 0.305 e. The van der Waals surface area contributed by atoms with Crippen LogP contribution in [0, 0.1) is 46.3 Å². The average molecular weight is 391 g/mol. The molecule has 0 aromatic heterocycles. The predicted octanol–water partition coefficient (Wildman–Crippen LogP) is 5.60. The monoisotopic (exact) mass is 390 g/mol. The molecule has 0 bridgehead atoms. The summed E-state index contributed by atoms with van der Waals surface area (Å²) in [6, 6.07) is 0. The first kappa shape index (κ1) is 20.7. The molecule has 0 amide bonds. The molecule has 4 unspecified atom stereocenters. The van der Waals surface area contributed by atoms with E-state index >= 15 is 0 Å². The van der Waals surface area contributed by atoms with Crippen LogP contribution in [-0.4, -0.2) is 24.3 Å². The van der Waals surface area contributed by atoms with Crippen LogP contribution in [0.2, 0.25) is 0 Å². The van der Waals surface area contributed by atoms with Gasteiger partial charge in [-0.2, -0.15) is 0 Å². The van der Waals surface area contributed by atoms with Crippen LogP contribution in [0.5, 0.6) is 0 Å². The molecule has 4 fully saturated rings. The van der Waals surface area contributed by atoms with Crippen LogP contribution in [0.3, 0.4) is 0 Å². The normalized spacial score (nSPS) is 48.9. The minimum Gasteiger partial charge on any atom is -0.469 e. The highest BCUT2D eigenvalue weighted by molar-refractivity contribution is 5.69. The zero-order valence-electron chi connectivity index (χ0n) is 18.6. The zero-order chi connectivity index (χ0) is 20.1. The van der Waals surface area contributed by atoms with Gasteiger partial charge in [-0.25, -0.2) is 0 Å². The summed E-state index contributed by atoms with van der Waals surface area (Å²) in [4.78, 5) is 11.6. The number of esters is 1. The van der Waals surface area contributed by atoms with Gasteiger partial charge in [0, 0.05) is 6.42 Å². The van der Waals surface area contributed by atoms with Gasteiger partial charge in [-0.1, -0.05) is 20.8 Å². The Morgan fingerprint density at radius 1 is 1.04 bits per heavy atom. The average Bonchev–Trinajstić information content (AvgIpc) is 3.03. The molecule has 4 rings (SSSR count). The molecular formula is C25H42O3. The molecule has 9 atom stereocenters. The maximum atomic E-state index is 11.6. The smallest absolute Gasteiger partial charge is 0.305 e. The topological polar surface area (TPSA) is 46.5 Å². The lowest BCUT2D eigenvalue weighted by Crippen LogP contribution is -2.54. The Labute approximate surface area is 172 Å². The van der Waals surface area contributed by atoms with E-state index in [2.05, 4.69) is 20.8 Å². The van der Waals surface area contributed by atoms with Crippen molar-refractivity contribution in [3.05, 3.63) is 0 Å². The van der Waals surface area contributed by atoms with E-state index in [9.17, 15) is 9.90 Å². The third-order valence-electron chi connectivity index (χ3n) is 10.4. The fraction of sp³-hybridized carbons (Fsp3) is 0.960. The molecule has 3 nitrogen and oxygen atoms in total. The Bertz CT molecular complexity index is 588. The summed E-state index contributed by atoms with van der Waals surface area (Å²) >= 11 is 0. The number of ether oxygens (including phenoxy) is 1. The Morgan fingerprint density at radius 3 is 2.50 bits per heavy atom. The van der Waals surface area contributed by atoms with E-state index in [0.717, 1.165) is 48.9 Å². The highest BCUT2D eigenvalue weighted by atomic mass is 16.5. The van der Waals surface area contributed by atoms with E-state index in [4.69, 9.17) is 4.74 Å². The van der Waals surface area contributed by atoms with Crippen LogP contribution < -0.4 is 0 Å². The van der Waals surface area contributed by atoms with Gasteiger partial charge in [0.15, 0.2) is 0 Å². The second-order valence-electron chi connectivity index (χ2n) is 11.4. The number of aliphatic hydroxyl groups is 1. The highest BCUT2D eigenvalue weighted by Crippen LogP contribution is 2.68. The maximum absolute atomic E-state index is 11.6. The Hall–Kier alpha value is -0.570. The fourth-order valence-electron chi connectivity index (χ4n) is 8.86. The van der Waals surface area contributed by atoms with Gasteiger partial charge < -0.3 is 9.84 Å². The minimum atomic E-state index is -0.0546. The van der Waals surface area contributed by atoms with E-state index in [1.54, 1.807) is 0 Å². The first-order chi connectivity index (χ1) is 13.3. The van der Waals surface area contributed by atoms with E-state index < -0.39 is 0 Å². The van der Waals surface area contributed by atoms with Gasteiger partial charge in [-0.3, -0.25) is 4.79 Å². The molecule has 1 N–H and O–H groups in total. The summed E-state index contributed by atoms with van der Waals surface area (Å²) in [5, 5.41) is 10.2. The van der Waals surface area contributed by atoms with E-state index in [-0.39, 0.29) is 12.1 Å². The van der Waals surface area contributed by atoms with E-state index in [1.165, 1.54) is 52.1 Å². The van der Waals surface area contributed by atoms with Gasteiger partial charge in [0.1, 0.15) is 0 Å². The van der Waals surface area contributed by atoms with Crippen molar-refractivity contribution < 1.29 is 14.6 Å². The van der Waals surface area contributed by atoms with Crippen LogP contribution in [-0.2, 0) is 9.53 Å². The van der Waals surface area contributed by atoms with Crippen molar-refractivity contribution in [1.29, 1.82) is 0 Å². The number of aliphatic hydroxyl groups excluding tert-OH is 1. The summed E-state index contributed by atoms with van der Waals surface area (Å²) in [6.07, 6.45) is 13.1. The molecule has 4 saturated carbocycles. The number of hydrogen-bond donors (Lipinski definition) is 1. The van der Waals surface area contributed by atoms with Crippen LogP contribution in [0.4, 0.5) is 0 Å². The standard InChI is InChI=1S/C25H42O3/c1-16(5-10-23(27)28-4)20-8-9-21-19-7-6-17-15-18(26)11-13-24(17,2)22(19)12-14-25(20,21)3/h16-22,26H,5-15H2,1-4H3/t16-,17+,18+,19?,20-,21?,22?,24?,25-/m1/s1. The van der Waals surface area contributed by atoms with E-state index in [1.807, 2.05) is 0 Å². The molecule has 0 saturated heterocycles. The Balaban J connectivity index is 1.48. The third kappa shape index (κ3) is 3.24. The quantitative estimate of drug-likeness (QED) is 0.636. The van der Waals surface area contributed by atoms with Crippen LogP contribution in [0.1, 0.15) is 91.4 Å². The lowest BCUT2D eigenvalue weighted by Gasteiger charge is -2.61. The molecule has 0 radical (unpaired) electrons. The summed E-state index contributed by atoms with van der Waals surface area (Å²) in [5.41, 5.74) is 0.937. The SMILES string of the molecule is COC(=O)CC[C@@H](C)[C@H]1CCC2C3CC[C@H]4C[C@@H](O)CCC4(C)C3CC[C@@]21C. The lowest BCUT2D eigenvalue weighted by molar-refractivity contribution is -0.141. The second-order valence-corrected chi connectivity index (χ2v) is 11.4. The minimum absolute atomic E-state index is 0.0463. The van der Waals surface area contributed by atoms with Gasteiger partial charge in [0.2, 0.25) is 0 Å². The van der Waals surface area contributed by atoms with Crippen molar-refractivity contribution >= 4 is 5.97 Å². The van der Waals surface area contributed by atoms with Crippen molar-refractivity contribution in [2.45, 2.75) is 97.5 Å². The number of fused-ring (bicyclic) bond motifs is 5. The molecule has 160 valence electrons. The Kier molecular flexibility index (Phi) is 5.61. The molecule has 4 aliphatic rings. The second kappa shape index (κ2) is 7.60. The number of rotatable bonds is 4. The molecule has 28 heavy (non-hydrogen) atoms. The van der Waals surface area contributed by atoms with E-state index in [0.29, 0.717) is 23.2 Å². The van der Waals surface area contributed by atoms with Gasteiger partial charge >= 0.3 is 5.97 Å².